The molecule has 0 atom stereocenters. The monoisotopic (exact) mass is 218 g/mol. The minimum atomic E-state index is 0.0673. The minimum Gasteiger partial charge on any atom is -0.273 e. The number of aromatic nitrogens is 4. The van der Waals surface area contributed by atoms with Crippen molar-refractivity contribution in [1.29, 1.82) is 0 Å². The van der Waals surface area contributed by atoms with E-state index in [1.165, 1.54) is 11.8 Å². The molecule has 3 heterocycles. The lowest BCUT2D eigenvalue weighted by atomic mass is 10.3. The summed E-state index contributed by atoms with van der Waals surface area (Å²) in [5.41, 5.74) is 1.38. The molecule has 0 bridgehead atoms. The predicted molar refractivity (Wildman–Crippen MR) is 54.6 cm³/mol. The summed E-state index contributed by atoms with van der Waals surface area (Å²) in [6, 6.07) is 0. The van der Waals surface area contributed by atoms with Crippen molar-refractivity contribution in [3.05, 3.63) is 24.8 Å². The molecule has 0 radical (unpaired) electrons. The standard InChI is InChI=1S/C9H6N4OS/c14-8-5-15-9-12-7(4-13(8)9)6-3-10-1-2-11-6/h1-4H,5H2. The van der Waals surface area contributed by atoms with Crippen LogP contribution in [0, 0.1) is 0 Å². The van der Waals surface area contributed by atoms with Crippen LogP contribution in [-0.2, 0) is 0 Å². The number of imidazole rings is 1. The number of fused-ring (bicyclic) bond motifs is 1. The molecule has 5 nitrogen and oxygen atoms in total. The molecule has 3 rings (SSSR count). The number of hydrogen-bond acceptors (Lipinski definition) is 5. The van der Waals surface area contributed by atoms with Crippen molar-refractivity contribution < 1.29 is 4.79 Å². The van der Waals surface area contributed by atoms with E-state index in [0.29, 0.717) is 17.1 Å². The van der Waals surface area contributed by atoms with Gasteiger partial charge in [-0.05, 0) is 0 Å². The van der Waals surface area contributed by atoms with Gasteiger partial charge in [-0.15, -0.1) is 0 Å². The third kappa shape index (κ3) is 1.33. The molecule has 2 aromatic rings. The highest BCUT2D eigenvalue weighted by Crippen LogP contribution is 2.27. The van der Waals surface area contributed by atoms with E-state index in [4.69, 9.17) is 0 Å². The maximum Gasteiger partial charge on any atom is 0.243 e. The molecule has 0 amide bonds. The first-order chi connectivity index (χ1) is 7.34. The van der Waals surface area contributed by atoms with Gasteiger partial charge >= 0.3 is 0 Å². The maximum absolute atomic E-state index is 11.4. The molecule has 6 heteroatoms. The fraction of sp³-hybridized carbons (Fsp3) is 0.111. The Morgan fingerprint density at radius 3 is 3.00 bits per heavy atom. The van der Waals surface area contributed by atoms with Crippen molar-refractivity contribution in [2.45, 2.75) is 5.16 Å². The third-order valence-corrected chi connectivity index (χ3v) is 3.03. The number of carbonyl (C=O) groups is 1. The summed E-state index contributed by atoms with van der Waals surface area (Å²) in [6.07, 6.45) is 6.55. The van der Waals surface area contributed by atoms with Crippen LogP contribution in [0.15, 0.2) is 29.9 Å². The van der Waals surface area contributed by atoms with Crippen molar-refractivity contribution in [3.8, 4) is 11.4 Å². The lowest BCUT2D eigenvalue weighted by Gasteiger charge is -1.92. The van der Waals surface area contributed by atoms with Crippen LogP contribution in [0.2, 0.25) is 0 Å². The van der Waals surface area contributed by atoms with Gasteiger partial charge in [-0.1, -0.05) is 11.8 Å². The van der Waals surface area contributed by atoms with Crippen LogP contribution in [0.1, 0.15) is 4.79 Å². The Balaban J connectivity index is 2.09. The molecule has 0 spiro atoms. The summed E-state index contributed by atoms with van der Waals surface area (Å²) in [5.74, 6) is 0.543. The summed E-state index contributed by atoms with van der Waals surface area (Å²) in [5, 5.41) is 0.737. The van der Waals surface area contributed by atoms with Crippen LogP contribution in [0.4, 0.5) is 0 Å². The zero-order chi connectivity index (χ0) is 10.3. The molecule has 0 aromatic carbocycles. The Morgan fingerprint density at radius 2 is 2.27 bits per heavy atom. The van der Waals surface area contributed by atoms with Crippen LogP contribution >= 0.6 is 11.8 Å². The minimum absolute atomic E-state index is 0.0673. The molecule has 2 aromatic heterocycles. The van der Waals surface area contributed by atoms with Gasteiger partial charge in [0.2, 0.25) is 5.91 Å². The number of rotatable bonds is 1. The van der Waals surface area contributed by atoms with Crippen LogP contribution in [-0.4, -0.2) is 31.2 Å². The Bertz CT molecular complexity index is 522. The van der Waals surface area contributed by atoms with Crippen molar-refractivity contribution in [3.63, 3.8) is 0 Å². The summed E-state index contributed by atoms with van der Waals surface area (Å²) in [7, 11) is 0. The molecule has 0 fully saturated rings. The molecular weight excluding hydrogens is 212 g/mol. The molecule has 1 aliphatic heterocycles. The van der Waals surface area contributed by atoms with Gasteiger partial charge in [0.1, 0.15) is 11.4 Å². The van der Waals surface area contributed by atoms with Crippen molar-refractivity contribution in [2.24, 2.45) is 0 Å². The van der Waals surface area contributed by atoms with Gasteiger partial charge in [0, 0.05) is 18.6 Å². The average Bonchev–Trinajstić information content (AvgIpc) is 2.83. The zero-order valence-electron chi connectivity index (χ0n) is 7.62. The first-order valence-electron chi connectivity index (χ1n) is 4.36. The Kier molecular flexibility index (Phi) is 1.81. The number of thioether (sulfide) groups is 1. The second kappa shape index (κ2) is 3.16. The van der Waals surface area contributed by atoms with E-state index >= 15 is 0 Å². The second-order valence-corrected chi connectivity index (χ2v) is 3.99. The zero-order valence-corrected chi connectivity index (χ0v) is 8.44. The lowest BCUT2D eigenvalue weighted by molar-refractivity contribution is 0.0939. The first kappa shape index (κ1) is 8.60. The summed E-state index contributed by atoms with van der Waals surface area (Å²) < 4.78 is 1.56. The van der Waals surface area contributed by atoms with E-state index in [9.17, 15) is 4.79 Å². The smallest absolute Gasteiger partial charge is 0.243 e. The van der Waals surface area contributed by atoms with Gasteiger partial charge < -0.3 is 0 Å². The van der Waals surface area contributed by atoms with Gasteiger partial charge in [0.15, 0.2) is 5.16 Å². The molecule has 0 aliphatic carbocycles. The number of nitrogens with zero attached hydrogens (tertiary/aromatic N) is 4. The largest absolute Gasteiger partial charge is 0.273 e. The number of hydrogen-bond donors (Lipinski definition) is 0. The molecular formula is C9H6N4OS. The molecule has 74 valence electrons. The first-order valence-corrected chi connectivity index (χ1v) is 5.35. The van der Waals surface area contributed by atoms with E-state index in [2.05, 4.69) is 15.0 Å². The van der Waals surface area contributed by atoms with Crippen LogP contribution in [0.5, 0.6) is 0 Å². The fourth-order valence-corrected chi connectivity index (χ4v) is 2.24. The third-order valence-electron chi connectivity index (χ3n) is 2.09. The maximum atomic E-state index is 11.4. The Labute approximate surface area is 89.6 Å². The van der Waals surface area contributed by atoms with E-state index < -0.39 is 0 Å². The van der Waals surface area contributed by atoms with Crippen LogP contribution in [0.3, 0.4) is 0 Å². The predicted octanol–water partition coefficient (Wildman–Crippen LogP) is 1.09. The van der Waals surface area contributed by atoms with Crippen LogP contribution < -0.4 is 0 Å². The van der Waals surface area contributed by atoms with Gasteiger partial charge in [-0.3, -0.25) is 19.3 Å². The van der Waals surface area contributed by atoms with Crippen LogP contribution in [0.25, 0.3) is 11.4 Å². The molecule has 1 aliphatic rings. The SMILES string of the molecule is O=C1CSc2nc(-c3cnccn3)cn21. The topological polar surface area (TPSA) is 60.7 Å². The van der Waals surface area contributed by atoms with Gasteiger partial charge in [-0.2, -0.15) is 0 Å². The summed E-state index contributed by atoms with van der Waals surface area (Å²) in [6.45, 7) is 0. The Hall–Kier alpha value is -1.69. The highest BCUT2D eigenvalue weighted by molar-refractivity contribution is 8.00. The van der Waals surface area contributed by atoms with E-state index in [1.54, 1.807) is 29.4 Å². The van der Waals surface area contributed by atoms with Crippen molar-refractivity contribution >= 4 is 17.7 Å². The lowest BCUT2D eigenvalue weighted by Crippen LogP contribution is -2.04. The highest BCUT2D eigenvalue weighted by atomic mass is 32.2. The Morgan fingerprint density at radius 1 is 1.33 bits per heavy atom. The molecule has 0 saturated carbocycles. The van der Waals surface area contributed by atoms with E-state index in [1.807, 2.05) is 0 Å². The quantitative estimate of drug-likeness (QED) is 0.717. The van der Waals surface area contributed by atoms with E-state index in [0.717, 1.165) is 5.16 Å². The number of carbonyl (C=O) groups excluding carboxylic acids is 1. The highest BCUT2D eigenvalue weighted by Gasteiger charge is 2.22. The molecule has 15 heavy (non-hydrogen) atoms. The molecule has 0 unspecified atom stereocenters. The second-order valence-electron chi connectivity index (χ2n) is 3.05. The van der Waals surface area contributed by atoms with E-state index in [-0.39, 0.29) is 5.91 Å². The average molecular weight is 218 g/mol. The molecule has 0 N–H and O–H groups in total. The van der Waals surface area contributed by atoms with Gasteiger partial charge in [0.05, 0.1) is 11.9 Å². The summed E-state index contributed by atoms with van der Waals surface area (Å²) >= 11 is 1.45. The van der Waals surface area contributed by atoms with Gasteiger partial charge in [0.25, 0.3) is 0 Å². The van der Waals surface area contributed by atoms with Crippen molar-refractivity contribution in [2.75, 3.05) is 5.75 Å². The fourth-order valence-electron chi connectivity index (χ4n) is 1.39. The summed E-state index contributed by atoms with van der Waals surface area (Å²) in [4.78, 5) is 23.8. The normalized spacial score (nSPS) is 14.3. The van der Waals surface area contributed by atoms with Gasteiger partial charge in [-0.25, -0.2) is 4.98 Å². The molecule has 0 saturated heterocycles. The van der Waals surface area contributed by atoms with Crippen molar-refractivity contribution in [1.82, 2.24) is 19.5 Å².